The molecule has 19 heavy (non-hydrogen) atoms. The molecule has 0 radical (unpaired) electrons. The van der Waals surface area contributed by atoms with Crippen molar-refractivity contribution in [1.82, 2.24) is 9.80 Å². The van der Waals surface area contributed by atoms with E-state index in [2.05, 4.69) is 30.6 Å². The summed E-state index contributed by atoms with van der Waals surface area (Å²) >= 11 is 0. The SMILES string of the molecule is CC1CC(C)(C)CC1(CN)N1CCN2CCCC2C1. The van der Waals surface area contributed by atoms with E-state index in [1.54, 1.807) is 0 Å². The lowest BCUT2D eigenvalue weighted by Gasteiger charge is -2.50. The van der Waals surface area contributed by atoms with Crippen molar-refractivity contribution in [3.8, 4) is 0 Å². The maximum atomic E-state index is 6.29. The molecule has 0 spiro atoms. The van der Waals surface area contributed by atoms with Crippen LogP contribution in [0.5, 0.6) is 0 Å². The van der Waals surface area contributed by atoms with Crippen LogP contribution in [-0.2, 0) is 0 Å². The summed E-state index contributed by atoms with van der Waals surface area (Å²) in [5, 5.41) is 0. The normalized spacial score (nSPS) is 43.6. The summed E-state index contributed by atoms with van der Waals surface area (Å²) in [6.45, 7) is 13.2. The molecular formula is C16H31N3. The minimum absolute atomic E-state index is 0.276. The highest BCUT2D eigenvalue weighted by Gasteiger charge is 2.52. The van der Waals surface area contributed by atoms with Crippen molar-refractivity contribution in [2.75, 3.05) is 32.7 Å². The van der Waals surface area contributed by atoms with Gasteiger partial charge in [-0.25, -0.2) is 0 Å². The molecule has 3 unspecified atom stereocenters. The largest absolute Gasteiger partial charge is 0.329 e. The lowest BCUT2D eigenvalue weighted by molar-refractivity contribution is -0.00240. The third kappa shape index (κ3) is 2.24. The summed E-state index contributed by atoms with van der Waals surface area (Å²) in [7, 11) is 0. The fourth-order valence-corrected chi connectivity index (χ4v) is 5.32. The molecule has 3 atom stereocenters. The van der Waals surface area contributed by atoms with Gasteiger partial charge in [-0.1, -0.05) is 20.8 Å². The van der Waals surface area contributed by atoms with Gasteiger partial charge in [-0.05, 0) is 43.6 Å². The Morgan fingerprint density at radius 3 is 2.63 bits per heavy atom. The van der Waals surface area contributed by atoms with Crippen LogP contribution in [0.4, 0.5) is 0 Å². The second kappa shape index (κ2) is 4.71. The Bertz CT molecular complexity index is 341. The molecule has 0 aromatic heterocycles. The van der Waals surface area contributed by atoms with Gasteiger partial charge < -0.3 is 5.73 Å². The lowest BCUT2D eigenvalue weighted by Crippen LogP contribution is -2.63. The highest BCUT2D eigenvalue weighted by Crippen LogP contribution is 2.50. The number of fused-ring (bicyclic) bond motifs is 1. The molecule has 2 aliphatic heterocycles. The number of piperazine rings is 1. The summed E-state index contributed by atoms with van der Waals surface area (Å²) in [4.78, 5) is 5.48. The van der Waals surface area contributed by atoms with Crippen molar-refractivity contribution in [2.45, 2.75) is 58.0 Å². The summed E-state index contributed by atoms with van der Waals surface area (Å²) in [5.41, 5.74) is 7.03. The van der Waals surface area contributed by atoms with E-state index in [1.807, 2.05) is 0 Å². The lowest BCUT2D eigenvalue weighted by atomic mass is 9.83. The van der Waals surface area contributed by atoms with Crippen molar-refractivity contribution >= 4 is 0 Å². The average Bonchev–Trinajstić information content (AvgIpc) is 2.90. The van der Waals surface area contributed by atoms with Gasteiger partial charge in [-0.15, -0.1) is 0 Å². The first-order valence-electron chi connectivity index (χ1n) is 8.16. The van der Waals surface area contributed by atoms with E-state index in [0.29, 0.717) is 5.41 Å². The van der Waals surface area contributed by atoms with Gasteiger partial charge in [0.1, 0.15) is 0 Å². The van der Waals surface area contributed by atoms with E-state index in [9.17, 15) is 0 Å². The van der Waals surface area contributed by atoms with Gasteiger partial charge in [0, 0.05) is 37.8 Å². The number of nitrogens with two attached hydrogens (primary N) is 1. The first-order chi connectivity index (χ1) is 8.97. The zero-order valence-corrected chi connectivity index (χ0v) is 13.0. The van der Waals surface area contributed by atoms with E-state index in [1.165, 1.54) is 51.9 Å². The molecule has 0 bridgehead atoms. The predicted octanol–water partition coefficient (Wildman–Crippen LogP) is 1.92. The Balaban J connectivity index is 1.79. The van der Waals surface area contributed by atoms with Crippen molar-refractivity contribution < 1.29 is 0 Å². The molecule has 1 aliphatic carbocycles. The fourth-order valence-electron chi connectivity index (χ4n) is 5.32. The van der Waals surface area contributed by atoms with Gasteiger partial charge in [0.05, 0.1) is 0 Å². The Morgan fingerprint density at radius 1 is 1.21 bits per heavy atom. The minimum Gasteiger partial charge on any atom is -0.329 e. The molecule has 0 aromatic rings. The molecule has 110 valence electrons. The zero-order valence-electron chi connectivity index (χ0n) is 13.0. The smallest absolute Gasteiger partial charge is 0.0363 e. The van der Waals surface area contributed by atoms with Gasteiger partial charge in [0.15, 0.2) is 0 Å². The highest BCUT2D eigenvalue weighted by molar-refractivity contribution is 5.08. The van der Waals surface area contributed by atoms with Crippen LogP contribution in [0.15, 0.2) is 0 Å². The third-order valence-corrected chi connectivity index (χ3v) is 6.13. The molecule has 0 aromatic carbocycles. The molecule has 2 heterocycles. The maximum Gasteiger partial charge on any atom is 0.0363 e. The van der Waals surface area contributed by atoms with Crippen molar-refractivity contribution in [3.05, 3.63) is 0 Å². The van der Waals surface area contributed by atoms with Gasteiger partial charge in [-0.2, -0.15) is 0 Å². The van der Waals surface area contributed by atoms with Crippen LogP contribution in [-0.4, -0.2) is 54.1 Å². The van der Waals surface area contributed by atoms with Gasteiger partial charge in [0.25, 0.3) is 0 Å². The van der Waals surface area contributed by atoms with Crippen LogP contribution in [0, 0.1) is 11.3 Å². The molecular weight excluding hydrogens is 234 g/mol. The van der Waals surface area contributed by atoms with Crippen LogP contribution in [0.25, 0.3) is 0 Å². The summed E-state index contributed by atoms with van der Waals surface area (Å²) in [6, 6.07) is 0.813. The monoisotopic (exact) mass is 265 g/mol. The fraction of sp³-hybridized carbons (Fsp3) is 1.00. The van der Waals surface area contributed by atoms with Gasteiger partial charge >= 0.3 is 0 Å². The van der Waals surface area contributed by atoms with Crippen molar-refractivity contribution in [3.63, 3.8) is 0 Å². The molecule has 3 aliphatic rings. The minimum atomic E-state index is 0.276. The molecule has 1 saturated carbocycles. The van der Waals surface area contributed by atoms with E-state index in [4.69, 9.17) is 5.73 Å². The first-order valence-corrected chi connectivity index (χ1v) is 8.16. The highest BCUT2D eigenvalue weighted by atomic mass is 15.3. The van der Waals surface area contributed by atoms with Crippen LogP contribution in [0.1, 0.15) is 46.5 Å². The molecule has 3 nitrogen and oxygen atoms in total. The number of nitrogens with zero attached hydrogens (tertiary/aromatic N) is 2. The summed E-state index contributed by atoms with van der Waals surface area (Å²) < 4.78 is 0. The van der Waals surface area contributed by atoms with E-state index < -0.39 is 0 Å². The van der Waals surface area contributed by atoms with Crippen molar-refractivity contribution in [2.24, 2.45) is 17.1 Å². The van der Waals surface area contributed by atoms with Gasteiger partial charge in [0.2, 0.25) is 0 Å². The van der Waals surface area contributed by atoms with Crippen LogP contribution in [0.3, 0.4) is 0 Å². The van der Waals surface area contributed by atoms with E-state index in [-0.39, 0.29) is 5.54 Å². The quantitative estimate of drug-likeness (QED) is 0.828. The average molecular weight is 265 g/mol. The molecule has 3 rings (SSSR count). The molecule has 2 N–H and O–H groups in total. The second-order valence-electron chi connectivity index (χ2n) is 8.03. The standard InChI is InChI=1S/C16H31N3/c1-13-9-15(2,3)11-16(13,12-17)19-8-7-18-6-4-5-14(18)10-19/h13-14H,4-12,17H2,1-3H3. The zero-order chi connectivity index (χ0) is 13.7. The Morgan fingerprint density at radius 2 is 2.00 bits per heavy atom. The van der Waals surface area contributed by atoms with E-state index in [0.717, 1.165) is 18.5 Å². The molecule has 3 fully saturated rings. The van der Waals surface area contributed by atoms with Gasteiger partial charge in [-0.3, -0.25) is 9.80 Å². The molecule has 2 saturated heterocycles. The molecule has 3 heteroatoms. The predicted molar refractivity (Wildman–Crippen MR) is 80.1 cm³/mol. The Hall–Kier alpha value is -0.120. The number of hydrogen-bond donors (Lipinski definition) is 1. The number of hydrogen-bond acceptors (Lipinski definition) is 3. The summed E-state index contributed by atoms with van der Waals surface area (Å²) in [6.07, 6.45) is 5.41. The maximum absolute atomic E-state index is 6.29. The van der Waals surface area contributed by atoms with Crippen LogP contribution in [0.2, 0.25) is 0 Å². The van der Waals surface area contributed by atoms with Crippen LogP contribution >= 0.6 is 0 Å². The van der Waals surface area contributed by atoms with Crippen molar-refractivity contribution in [1.29, 1.82) is 0 Å². The molecule has 0 amide bonds. The second-order valence-corrected chi connectivity index (χ2v) is 8.03. The van der Waals surface area contributed by atoms with E-state index >= 15 is 0 Å². The van der Waals surface area contributed by atoms with Crippen LogP contribution < -0.4 is 5.73 Å². The Labute approximate surface area is 118 Å². The number of rotatable bonds is 2. The topological polar surface area (TPSA) is 32.5 Å². The third-order valence-electron chi connectivity index (χ3n) is 6.13. The summed E-state index contributed by atoms with van der Waals surface area (Å²) in [5.74, 6) is 0.737. The first kappa shape index (κ1) is 13.8. The Kier molecular flexibility index (Phi) is 3.43.